The van der Waals surface area contributed by atoms with Crippen molar-refractivity contribution in [2.45, 2.75) is 44.6 Å². The molecule has 2 fully saturated rings. The van der Waals surface area contributed by atoms with Crippen LogP contribution < -0.4 is 5.32 Å². The number of halogens is 1. The second-order valence-electron chi connectivity index (χ2n) is 9.79. The number of methoxy groups -OCH3 is 1. The molecular weight excluding hydrogens is 461 g/mol. The van der Waals surface area contributed by atoms with E-state index >= 15 is 0 Å². The van der Waals surface area contributed by atoms with E-state index in [1.807, 2.05) is 11.8 Å². The molecule has 0 saturated carbocycles. The summed E-state index contributed by atoms with van der Waals surface area (Å²) in [6.07, 6.45) is 2.60. The number of ether oxygens (including phenoxy) is 1. The van der Waals surface area contributed by atoms with E-state index in [0.29, 0.717) is 38.8 Å². The molecule has 2 aliphatic rings. The van der Waals surface area contributed by atoms with Gasteiger partial charge in [-0.1, -0.05) is 42.0 Å². The van der Waals surface area contributed by atoms with Gasteiger partial charge in [0.1, 0.15) is 11.4 Å². The third kappa shape index (κ3) is 5.59. The van der Waals surface area contributed by atoms with Crippen molar-refractivity contribution in [1.82, 2.24) is 15.1 Å². The Hall–Kier alpha value is -3.26. The van der Waals surface area contributed by atoms with E-state index in [-0.39, 0.29) is 43.1 Å². The average Bonchev–Trinajstić information content (AvgIpc) is 3.13. The number of carbonyl (C=O) groups is 3. The second-order valence-corrected chi connectivity index (χ2v) is 9.79. The number of nitrogens with zero attached hydrogens (tertiary/aromatic N) is 2. The predicted molar refractivity (Wildman–Crippen MR) is 134 cm³/mol. The Kier molecular flexibility index (Phi) is 8.04. The molecule has 7 nitrogen and oxygen atoms in total. The molecule has 192 valence electrons. The first-order chi connectivity index (χ1) is 17.3. The predicted octanol–water partition coefficient (Wildman–Crippen LogP) is 3.49. The molecule has 2 aliphatic heterocycles. The van der Waals surface area contributed by atoms with Gasteiger partial charge in [-0.3, -0.25) is 14.5 Å². The number of benzene rings is 2. The standard InChI is InChI=1S/C28H34FN3O4/c1-20-3-5-21(6-4-20)9-12-25(33)31-15-13-23(14-16-31)28(19-22-7-10-24(29)11-8-22)26(34)32(17-18-36-2)27(35)30-28/h3-8,10-11,23H,9,12-19H2,1-2H3,(H,30,35)/t28-/m0/s1. The number of amides is 4. The van der Waals surface area contributed by atoms with Gasteiger partial charge in [-0.05, 0) is 55.4 Å². The number of hydrogen-bond acceptors (Lipinski definition) is 4. The van der Waals surface area contributed by atoms with Crippen molar-refractivity contribution in [3.8, 4) is 0 Å². The van der Waals surface area contributed by atoms with E-state index in [4.69, 9.17) is 4.74 Å². The largest absolute Gasteiger partial charge is 0.383 e. The number of nitrogens with one attached hydrogen (secondary N) is 1. The molecule has 0 bridgehead atoms. The molecule has 0 aliphatic carbocycles. The number of likely N-dealkylation sites (tertiary alicyclic amines) is 1. The van der Waals surface area contributed by atoms with Gasteiger partial charge >= 0.3 is 6.03 Å². The first-order valence-electron chi connectivity index (χ1n) is 12.5. The van der Waals surface area contributed by atoms with Crippen molar-refractivity contribution >= 4 is 17.8 Å². The Balaban J connectivity index is 1.45. The molecule has 36 heavy (non-hydrogen) atoms. The maximum Gasteiger partial charge on any atom is 0.325 e. The van der Waals surface area contributed by atoms with E-state index in [1.165, 1.54) is 29.7 Å². The minimum atomic E-state index is -1.13. The Morgan fingerprint density at radius 3 is 2.33 bits per heavy atom. The number of urea groups is 1. The SMILES string of the molecule is COCCN1C(=O)N[C@@](Cc2ccc(F)cc2)(C2CCN(C(=O)CCc3ccc(C)cc3)CC2)C1=O. The van der Waals surface area contributed by atoms with E-state index in [1.54, 1.807) is 12.1 Å². The highest BCUT2D eigenvalue weighted by molar-refractivity contribution is 6.07. The van der Waals surface area contributed by atoms with Gasteiger partial charge in [0, 0.05) is 33.0 Å². The Bertz CT molecular complexity index is 1080. The first-order valence-corrected chi connectivity index (χ1v) is 12.5. The fourth-order valence-corrected chi connectivity index (χ4v) is 5.28. The fraction of sp³-hybridized carbons (Fsp3) is 0.464. The highest BCUT2D eigenvalue weighted by atomic mass is 19.1. The highest BCUT2D eigenvalue weighted by Gasteiger charge is 2.55. The van der Waals surface area contributed by atoms with Crippen LogP contribution in [0.25, 0.3) is 0 Å². The van der Waals surface area contributed by atoms with Crippen LogP contribution >= 0.6 is 0 Å². The number of hydrogen-bond donors (Lipinski definition) is 1. The van der Waals surface area contributed by atoms with Crippen molar-refractivity contribution in [2.24, 2.45) is 5.92 Å². The van der Waals surface area contributed by atoms with Crippen molar-refractivity contribution in [3.63, 3.8) is 0 Å². The van der Waals surface area contributed by atoms with Crippen molar-refractivity contribution in [2.75, 3.05) is 33.4 Å². The smallest absolute Gasteiger partial charge is 0.325 e. The molecular formula is C28H34FN3O4. The van der Waals surface area contributed by atoms with E-state index < -0.39 is 11.6 Å². The van der Waals surface area contributed by atoms with Crippen LogP contribution in [0.5, 0.6) is 0 Å². The topological polar surface area (TPSA) is 79.0 Å². The molecule has 0 radical (unpaired) electrons. The van der Waals surface area contributed by atoms with Gasteiger partial charge < -0.3 is 15.0 Å². The number of rotatable bonds is 9. The molecule has 8 heteroatoms. The van der Waals surface area contributed by atoms with E-state index in [9.17, 15) is 18.8 Å². The highest BCUT2D eigenvalue weighted by Crippen LogP contribution is 2.36. The quantitative estimate of drug-likeness (QED) is 0.541. The van der Waals surface area contributed by atoms with Crippen molar-refractivity contribution in [1.29, 1.82) is 0 Å². The van der Waals surface area contributed by atoms with Crippen LogP contribution in [0.4, 0.5) is 9.18 Å². The number of carbonyl (C=O) groups excluding carboxylic acids is 3. The van der Waals surface area contributed by atoms with E-state index in [2.05, 4.69) is 29.6 Å². The van der Waals surface area contributed by atoms with Gasteiger partial charge in [-0.2, -0.15) is 0 Å². The summed E-state index contributed by atoms with van der Waals surface area (Å²) >= 11 is 0. The molecule has 0 aromatic heterocycles. The van der Waals surface area contributed by atoms with Gasteiger partial charge in [0.2, 0.25) is 5.91 Å². The summed E-state index contributed by atoms with van der Waals surface area (Å²) in [7, 11) is 1.52. The number of piperidine rings is 1. The third-order valence-electron chi connectivity index (χ3n) is 7.41. The number of aryl methyl sites for hydroxylation is 2. The summed E-state index contributed by atoms with van der Waals surface area (Å²) in [5.74, 6) is -0.676. The Morgan fingerprint density at radius 2 is 1.69 bits per heavy atom. The maximum absolute atomic E-state index is 13.6. The molecule has 1 atom stereocenters. The molecule has 0 unspecified atom stereocenters. The molecule has 4 amide bonds. The molecule has 2 aromatic rings. The zero-order chi connectivity index (χ0) is 25.7. The molecule has 2 aromatic carbocycles. The minimum Gasteiger partial charge on any atom is -0.383 e. The van der Waals surface area contributed by atoms with Gasteiger partial charge in [0.15, 0.2) is 0 Å². The maximum atomic E-state index is 13.6. The monoisotopic (exact) mass is 495 g/mol. The van der Waals surface area contributed by atoms with Crippen LogP contribution in [0.3, 0.4) is 0 Å². The van der Waals surface area contributed by atoms with Crippen LogP contribution in [0.1, 0.15) is 36.0 Å². The summed E-state index contributed by atoms with van der Waals surface area (Å²) in [4.78, 5) is 42.4. The summed E-state index contributed by atoms with van der Waals surface area (Å²) in [5, 5.41) is 2.99. The lowest BCUT2D eigenvalue weighted by molar-refractivity contribution is -0.136. The van der Waals surface area contributed by atoms with Crippen LogP contribution in [-0.2, 0) is 27.2 Å². The van der Waals surface area contributed by atoms with Gasteiger partial charge in [0.25, 0.3) is 5.91 Å². The molecule has 1 N–H and O–H groups in total. The van der Waals surface area contributed by atoms with Crippen LogP contribution in [0.2, 0.25) is 0 Å². The molecule has 0 spiro atoms. The molecule has 4 rings (SSSR count). The van der Waals surface area contributed by atoms with Crippen LogP contribution in [0.15, 0.2) is 48.5 Å². The zero-order valence-electron chi connectivity index (χ0n) is 21.0. The fourth-order valence-electron chi connectivity index (χ4n) is 5.28. The minimum absolute atomic E-state index is 0.102. The number of imide groups is 1. The van der Waals surface area contributed by atoms with Crippen molar-refractivity contribution < 1.29 is 23.5 Å². The average molecular weight is 496 g/mol. The normalized spacial score (nSPS) is 20.6. The van der Waals surface area contributed by atoms with Gasteiger partial charge in [0.05, 0.1) is 13.2 Å². The second kappa shape index (κ2) is 11.2. The van der Waals surface area contributed by atoms with Gasteiger partial charge in [-0.25, -0.2) is 9.18 Å². The molecule has 2 saturated heterocycles. The zero-order valence-corrected chi connectivity index (χ0v) is 21.0. The lowest BCUT2D eigenvalue weighted by atomic mass is 9.74. The summed E-state index contributed by atoms with van der Waals surface area (Å²) in [5.41, 5.74) is 1.98. The summed E-state index contributed by atoms with van der Waals surface area (Å²) in [6, 6.07) is 13.8. The lowest BCUT2D eigenvalue weighted by Crippen LogP contribution is -2.58. The summed E-state index contributed by atoms with van der Waals surface area (Å²) in [6.45, 7) is 3.52. The Labute approximate surface area is 211 Å². The third-order valence-corrected chi connectivity index (χ3v) is 7.41. The Morgan fingerprint density at radius 1 is 1.06 bits per heavy atom. The van der Waals surface area contributed by atoms with E-state index in [0.717, 1.165) is 11.1 Å². The summed E-state index contributed by atoms with van der Waals surface area (Å²) < 4.78 is 18.6. The first kappa shape index (κ1) is 25.8. The van der Waals surface area contributed by atoms with Crippen molar-refractivity contribution in [3.05, 3.63) is 71.0 Å². The van der Waals surface area contributed by atoms with Crippen LogP contribution in [-0.4, -0.2) is 66.5 Å². The lowest BCUT2D eigenvalue weighted by Gasteiger charge is -2.41. The molecule has 2 heterocycles. The van der Waals surface area contributed by atoms with Crippen LogP contribution in [0, 0.1) is 18.7 Å². The van der Waals surface area contributed by atoms with Gasteiger partial charge in [-0.15, -0.1) is 0 Å².